The Kier molecular flexibility index (Phi) is 5.09. The van der Waals surface area contributed by atoms with Crippen LogP contribution in [0.2, 0.25) is 0 Å². The monoisotopic (exact) mass is 364 g/mol. The van der Waals surface area contributed by atoms with Crippen LogP contribution in [0, 0.1) is 13.8 Å². The third-order valence-electron chi connectivity index (χ3n) is 6.35. The van der Waals surface area contributed by atoms with Crippen molar-refractivity contribution in [2.75, 3.05) is 19.8 Å². The maximum Gasteiger partial charge on any atom is 0.0480 e. The van der Waals surface area contributed by atoms with E-state index < -0.39 is 0 Å². The van der Waals surface area contributed by atoms with Crippen LogP contribution < -0.4 is 0 Å². The predicted molar refractivity (Wildman–Crippen MR) is 111 cm³/mol. The Bertz CT molecular complexity index is 801. The van der Waals surface area contributed by atoms with Gasteiger partial charge in [0.05, 0.1) is 0 Å². The molecule has 0 amide bonds. The molecule has 0 radical (unpaired) electrons. The summed E-state index contributed by atoms with van der Waals surface area (Å²) in [5.74, 6) is 0. The molecule has 2 aliphatic rings. The summed E-state index contributed by atoms with van der Waals surface area (Å²) in [6, 6.07) is 12.2. The highest BCUT2D eigenvalue weighted by molar-refractivity contribution is 5.66. The van der Waals surface area contributed by atoms with Gasteiger partial charge in [0, 0.05) is 37.2 Å². The first kappa shape index (κ1) is 18.6. The molecular formula is C24H32N2O. The topological polar surface area (TPSA) is 25.4 Å². The molecule has 0 atom stereocenters. The summed E-state index contributed by atoms with van der Waals surface area (Å²) < 4.78 is 5.60. The van der Waals surface area contributed by atoms with Gasteiger partial charge in [0.2, 0.25) is 0 Å². The molecule has 0 saturated carbocycles. The molecule has 0 spiro atoms. The number of fused-ring (bicyclic) bond motifs is 1. The molecule has 4 rings (SSSR count). The summed E-state index contributed by atoms with van der Waals surface area (Å²) >= 11 is 0. The first-order chi connectivity index (χ1) is 12.9. The van der Waals surface area contributed by atoms with Crippen molar-refractivity contribution in [2.24, 2.45) is 0 Å². The lowest BCUT2D eigenvalue weighted by atomic mass is 9.79. The predicted octanol–water partition coefficient (Wildman–Crippen LogP) is 5.03. The van der Waals surface area contributed by atoms with Gasteiger partial charge in [-0.3, -0.25) is 9.88 Å². The summed E-state index contributed by atoms with van der Waals surface area (Å²) in [5, 5.41) is 0. The van der Waals surface area contributed by atoms with Crippen LogP contribution in [0.5, 0.6) is 0 Å². The van der Waals surface area contributed by atoms with E-state index in [1.807, 2.05) is 0 Å². The van der Waals surface area contributed by atoms with Crippen molar-refractivity contribution < 1.29 is 4.74 Å². The molecule has 2 aromatic rings. The Morgan fingerprint density at radius 3 is 2.41 bits per heavy atom. The molecule has 0 bridgehead atoms. The quantitative estimate of drug-likeness (QED) is 0.747. The van der Waals surface area contributed by atoms with E-state index in [4.69, 9.17) is 4.74 Å². The van der Waals surface area contributed by atoms with Crippen LogP contribution in [0.25, 0.3) is 11.1 Å². The molecule has 2 aliphatic heterocycles. The molecule has 1 fully saturated rings. The van der Waals surface area contributed by atoms with E-state index in [0.717, 1.165) is 44.0 Å². The maximum absolute atomic E-state index is 5.60. The molecule has 0 unspecified atom stereocenters. The lowest BCUT2D eigenvalue weighted by molar-refractivity contribution is 0.0304. The number of pyridine rings is 1. The fraction of sp³-hybridized carbons (Fsp3) is 0.542. The van der Waals surface area contributed by atoms with Crippen molar-refractivity contribution in [1.29, 1.82) is 0 Å². The van der Waals surface area contributed by atoms with Gasteiger partial charge in [-0.25, -0.2) is 0 Å². The van der Waals surface area contributed by atoms with E-state index in [1.54, 1.807) is 0 Å². The van der Waals surface area contributed by atoms with Gasteiger partial charge >= 0.3 is 0 Å². The van der Waals surface area contributed by atoms with Crippen molar-refractivity contribution >= 4 is 0 Å². The SMILES string of the molecule is Cc1cc(-c2ccc3c(c2)CN(C2CCOCC2)CCC3(C)C)cc(C)n1. The Morgan fingerprint density at radius 1 is 1.00 bits per heavy atom. The number of rotatable bonds is 2. The molecule has 1 aromatic carbocycles. The molecule has 1 aromatic heterocycles. The van der Waals surface area contributed by atoms with Gasteiger partial charge < -0.3 is 4.74 Å². The molecule has 27 heavy (non-hydrogen) atoms. The van der Waals surface area contributed by atoms with E-state index in [9.17, 15) is 0 Å². The summed E-state index contributed by atoms with van der Waals surface area (Å²) in [6.07, 6.45) is 3.54. The normalized spacial score (nSPS) is 20.9. The number of nitrogens with zero attached hydrogens (tertiary/aromatic N) is 2. The largest absolute Gasteiger partial charge is 0.381 e. The molecule has 3 nitrogen and oxygen atoms in total. The van der Waals surface area contributed by atoms with Crippen LogP contribution in [0.1, 0.15) is 55.6 Å². The van der Waals surface area contributed by atoms with Crippen LogP contribution in [0.4, 0.5) is 0 Å². The lowest BCUT2D eigenvalue weighted by Crippen LogP contribution is -2.39. The third-order valence-corrected chi connectivity index (χ3v) is 6.35. The Balaban J connectivity index is 1.71. The second-order valence-corrected chi connectivity index (χ2v) is 8.96. The number of hydrogen-bond donors (Lipinski definition) is 0. The van der Waals surface area contributed by atoms with E-state index >= 15 is 0 Å². The van der Waals surface area contributed by atoms with Crippen LogP contribution in [0.15, 0.2) is 30.3 Å². The number of aryl methyl sites for hydroxylation is 2. The molecule has 0 N–H and O–H groups in total. The summed E-state index contributed by atoms with van der Waals surface area (Å²) in [5.41, 5.74) is 8.00. The third kappa shape index (κ3) is 3.95. The van der Waals surface area contributed by atoms with Gasteiger partial charge in [0.15, 0.2) is 0 Å². The average molecular weight is 365 g/mol. The minimum Gasteiger partial charge on any atom is -0.381 e. The second-order valence-electron chi connectivity index (χ2n) is 8.96. The van der Waals surface area contributed by atoms with E-state index in [0.29, 0.717) is 6.04 Å². The van der Waals surface area contributed by atoms with E-state index in [-0.39, 0.29) is 5.41 Å². The Labute approximate surface area is 163 Å². The van der Waals surface area contributed by atoms with Crippen molar-refractivity contribution in [2.45, 2.75) is 65.0 Å². The number of benzene rings is 1. The van der Waals surface area contributed by atoms with Gasteiger partial charge in [0.25, 0.3) is 0 Å². The number of ether oxygens (including phenoxy) is 1. The Hall–Kier alpha value is -1.71. The second kappa shape index (κ2) is 7.37. The molecule has 3 heterocycles. The van der Waals surface area contributed by atoms with Crippen LogP contribution in [0.3, 0.4) is 0 Å². The highest BCUT2D eigenvalue weighted by Crippen LogP contribution is 2.37. The minimum atomic E-state index is 0.220. The van der Waals surface area contributed by atoms with Crippen molar-refractivity contribution in [3.05, 3.63) is 52.8 Å². The zero-order valence-corrected chi connectivity index (χ0v) is 17.2. The average Bonchev–Trinajstić information content (AvgIpc) is 2.77. The van der Waals surface area contributed by atoms with Gasteiger partial charge in [-0.1, -0.05) is 26.0 Å². The van der Waals surface area contributed by atoms with Crippen molar-refractivity contribution in [3.8, 4) is 11.1 Å². The fourth-order valence-corrected chi connectivity index (χ4v) is 4.78. The summed E-state index contributed by atoms with van der Waals surface area (Å²) in [7, 11) is 0. The fourth-order valence-electron chi connectivity index (χ4n) is 4.78. The number of aromatic nitrogens is 1. The molecule has 0 aliphatic carbocycles. The van der Waals surface area contributed by atoms with Gasteiger partial charge in [-0.2, -0.15) is 0 Å². The lowest BCUT2D eigenvalue weighted by Gasteiger charge is -2.34. The molecule has 3 heteroatoms. The highest BCUT2D eigenvalue weighted by atomic mass is 16.5. The van der Waals surface area contributed by atoms with Gasteiger partial charge in [-0.15, -0.1) is 0 Å². The molecular weight excluding hydrogens is 332 g/mol. The smallest absolute Gasteiger partial charge is 0.0480 e. The summed E-state index contributed by atoms with van der Waals surface area (Å²) in [4.78, 5) is 7.25. The molecule has 1 saturated heterocycles. The zero-order chi connectivity index (χ0) is 19.0. The van der Waals surface area contributed by atoms with Gasteiger partial charge in [0.1, 0.15) is 0 Å². The van der Waals surface area contributed by atoms with Crippen LogP contribution >= 0.6 is 0 Å². The standard InChI is InChI=1S/C24H32N2O/c1-17-13-20(14-18(2)25-17)19-5-6-23-21(15-19)16-26(10-9-24(23,3)4)22-7-11-27-12-8-22/h5-6,13-15,22H,7-12,16H2,1-4H3. The van der Waals surface area contributed by atoms with E-state index in [1.165, 1.54) is 35.2 Å². The zero-order valence-electron chi connectivity index (χ0n) is 17.2. The highest BCUT2D eigenvalue weighted by Gasteiger charge is 2.31. The van der Waals surface area contributed by atoms with Crippen molar-refractivity contribution in [3.63, 3.8) is 0 Å². The van der Waals surface area contributed by atoms with Crippen LogP contribution in [-0.4, -0.2) is 35.7 Å². The van der Waals surface area contributed by atoms with Gasteiger partial charge in [-0.05, 0) is 85.5 Å². The van der Waals surface area contributed by atoms with E-state index in [2.05, 4.69) is 67.9 Å². The molecule has 144 valence electrons. The Morgan fingerprint density at radius 2 is 1.70 bits per heavy atom. The number of hydrogen-bond acceptors (Lipinski definition) is 3. The first-order valence-electron chi connectivity index (χ1n) is 10.3. The minimum absolute atomic E-state index is 0.220. The summed E-state index contributed by atoms with van der Waals surface area (Å²) in [6.45, 7) is 13.0. The van der Waals surface area contributed by atoms with Crippen LogP contribution in [-0.2, 0) is 16.7 Å². The van der Waals surface area contributed by atoms with Crippen molar-refractivity contribution in [1.82, 2.24) is 9.88 Å². The maximum atomic E-state index is 5.60. The first-order valence-corrected chi connectivity index (χ1v) is 10.3.